The molecule has 4 aromatic carbocycles. The van der Waals surface area contributed by atoms with E-state index in [0.29, 0.717) is 44.5 Å². The summed E-state index contributed by atoms with van der Waals surface area (Å²) in [5.41, 5.74) is 19.6. The third-order valence-electron chi connectivity index (χ3n) is 36.4. The van der Waals surface area contributed by atoms with E-state index in [4.69, 9.17) is 9.47 Å². The first kappa shape index (κ1) is 138. The maximum atomic E-state index is 5.77. The van der Waals surface area contributed by atoms with Crippen molar-refractivity contribution in [2.45, 2.75) is 640 Å². The van der Waals surface area contributed by atoms with E-state index in [2.05, 4.69) is 281 Å². The van der Waals surface area contributed by atoms with E-state index in [1.165, 1.54) is 255 Å². The summed E-state index contributed by atoms with van der Waals surface area (Å²) in [5.74, 6) is 5.79. The van der Waals surface area contributed by atoms with Crippen LogP contribution < -0.4 is 30.7 Å². The first-order chi connectivity index (χ1) is 67.4. The average Bonchev–Trinajstić information content (AvgIpc) is 1.44. The molecule has 2 nitrogen and oxygen atoms in total. The summed E-state index contributed by atoms with van der Waals surface area (Å²) < 4.78 is 11.5. The fraction of sp³-hybridized carbons (Fsp3) is 0.818. The summed E-state index contributed by atoms with van der Waals surface area (Å²) in [6, 6.07) is 28.7. The molecule has 844 valence electrons. The van der Waals surface area contributed by atoms with Crippen molar-refractivity contribution < 1.29 is 77.7 Å². The van der Waals surface area contributed by atoms with Gasteiger partial charge in [0.25, 0.3) is 0 Å². The van der Waals surface area contributed by atoms with Crippen LogP contribution in [0.1, 0.15) is 533 Å². The van der Waals surface area contributed by atoms with Crippen LogP contribution in [0.5, 0.6) is 11.5 Å². The van der Waals surface area contributed by atoms with E-state index in [0.717, 1.165) is 97.4 Å². The van der Waals surface area contributed by atoms with Gasteiger partial charge in [0.2, 0.25) is 0 Å². The van der Waals surface area contributed by atoms with Crippen molar-refractivity contribution in [3.63, 3.8) is 0 Å². The van der Waals surface area contributed by atoms with Crippen molar-refractivity contribution in [3.8, 4) is 11.5 Å². The molecule has 0 heterocycles. The molecule has 12 atom stereocenters. The van der Waals surface area contributed by atoms with E-state index in [-0.39, 0.29) is 116 Å². The van der Waals surface area contributed by atoms with Gasteiger partial charge in [-0.05, 0) is 363 Å². The molecule has 0 aromatic heterocycles. The summed E-state index contributed by atoms with van der Waals surface area (Å²) >= 11 is 0. The van der Waals surface area contributed by atoms with Gasteiger partial charge in [0.1, 0.15) is 11.5 Å². The van der Waals surface area contributed by atoms with Crippen LogP contribution in [-0.4, -0.2) is 125 Å². The Labute approximate surface area is 962 Å². The Kier molecular flexibility index (Phi) is 64.9. The number of hydrogen-bond donors (Lipinski definition) is 0. The van der Waals surface area contributed by atoms with Gasteiger partial charge in [0.15, 0.2) is 0 Å². The molecule has 0 spiro atoms. The largest absolute Gasteiger partial charge is 0.496 e. The van der Waals surface area contributed by atoms with Gasteiger partial charge in [-0.3, -0.25) is 0 Å². The van der Waals surface area contributed by atoms with Crippen LogP contribution in [0.2, 0.25) is 0 Å². The maximum absolute atomic E-state index is 5.77. The molecule has 12 fully saturated rings. The summed E-state index contributed by atoms with van der Waals surface area (Å²) in [6.07, 6.45) is 81.8. The molecular weight excluding hydrogens is 2090 g/mol. The van der Waals surface area contributed by atoms with Crippen molar-refractivity contribution in [2.24, 2.45) is 23.7 Å². The van der Waals surface area contributed by atoms with Crippen molar-refractivity contribution in [1.82, 2.24) is 0 Å². The van der Waals surface area contributed by atoms with Crippen LogP contribution >= 0.6 is 63.4 Å². The fourth-order valence-corrected chi connectivity index (χ4v) is 67.3. The molecule has 12 aliphatic rings. The SMILES string of the molecule is C1CCCC1.C1CCCC1.C1CCCC1.C1CCCC1.CCP(CC)C1CCCC1[C@@H](C)P(C1CCCCC1)C1CCCCC1.COc1c(C)cc(P(c2cc(C)c(OC)c(C)c2)C2CCCC2[C@@H](C)P(C(C)(C)C)C(C)(C)C)cc1C.C[C@H](C1CCCC1P(C1CCCCC1)C1CCCCC1)P(C(C)(C)C)C(C)(C)C.Cc1ccc(P(c2ccc(C)cc2)C2CCCC2[C@@H](C)P(C(C)(C)C)C(C)(C)C)cc1.[Fe].[Fe].[Fe].[Fe]. The summed E-state index contributed by atoms with van der Waals surface area (Å²) in [4.78, 5) is 0. The van der Waals surface area contributed by atoms with E-state index in [1.54, 1.807) is 160 Å². The number of rotatable bonds is 24. The van der Waals surface area contributed by atoms with E-state index < -0.39 is 7.92 Å². The second kappa shape index (κ2) is 68.4. The Balaban J connectivity index is 0.000000319. The zero-order valence-electron chi connectivity index (χ0n) is 101. The average molecular weight is 2320 g/mol. The maximum Gasteiger partial charge on any atom is 0.124 e. The predicted molar refractivity (Wildman–Crippen MR) is 663 cm³/mol. The minimum atomic E-state index is -0.521. The number of methoxy groups -OCH3 is 2. The Morgan fingerprint density at radius 2 is 0.452 bits per heavy atom. The molecule has 0 bridgehead atoms. The third-order valence-corrected chi connectivity index (χ3v) is 66.0. The van der Waals surface area contributed by atoms with Gasteiger partial charge in [0, 0.05) is 68.3 Å². The minimum Gasteiger partial charge on any atom is -0.496 e. The minimum absolute atomic E-state index is 0. The number of hydrogen-bond acceptors (Lipinski definition) is 2. The Bertz CT molecular complexity index is 3810. The van der Waals surface area contributed by atoms with Crippen molar-refractivity contribution in [3.05, 3.63) is 106 Å². The van der Waals surface area contributed by atoms with Gasteiger partial charge in [-0.25, -0.2) is 0 Å². The fourth-order valence-electron chi connectivity index (χ4n) is 31.9. The van der Waals surface area contributed by atoms with Crippen LogP contribution in [0.15, 0.2) is 72.8 Å². The van der Waals surface area contributed by atoms with Gasteiger partial charge in [-0.15, -0.1) is 7.92 Å². The van der Waals surface area contributed by atoms with Crippen LogP contribution in [-0.2, 0) is 68.3 Å². The van der Waals surface area contributed by atoms with Gasteiger partial charge in [-0.2, -0.15) is 0 Å². The number of benzene rings is 4. The van der Waals surface area contributed by atoms with E-state index >= 15 is 0 Å². The van der Waals surface area contributed by atoms with Gasteiger partial charge in [-0.1, -0.05) is 497 Å². The molecule has 12 saturated carbocycles. The molecule has 8 unspecified atom stereocenters. The van der Waals surface area contributed by atoms with Gasteiger partial charge >= 0.3 is 0 Å². The smallest absolute Gasteiger partial charge is 0.124 e. The topological polar surface area (TPSA) is 18.5 Å². The zero-order chi connectivity index (χ0) is 104. The molecule has 4 aromatic rings. The molecule has 0 radical (unpaired) electrons. The normalized spacial score (nSPS) is 23.9. The number of ether oxygens (including phenoxy) is 2. The van der Waals surface area contributed by atoms with Crippen molar-refractivity contribution in [1.29, 1.82) is 0 Å². The number of aryl methyl sites for hydroxylation is 6. The summed E-state index contributed by atoms with van der Waals surface area (Å²) in [5, 5.41) is 8.55. The van der Waals surface area contributed by atoms with Crippen molar-refractivity contribution >= 4 is 84.6 Å². The van der Waals surface area contributed by atoms with Crippen LogP contribution in [0, 0.1) is 65.2 Å². The standard InChI is InChI=1S/C33H52O2P2.C29H44P2.C27H52P2.C23H44P2.4C5H10.4Fe/c1-21-17-26(18-22(2)30(21)34-12)36(27-19-23(3)31(35-13)24(4)20-27)29-16-14-15-28(29)25(5)37(32(6,7)8)33(9,10)11;1-21-13-17-24(18-14-21)30(25-19-15-22(2)16-20-25)27-12-10-11-26(27)23(3)31(28(4,5)6)29(7,8)9;1-21(29(26(2,3)4)27(5,6)7)24-19-14-20-25(24)28(22-15-10-8-11-16-22)23-17-12-9-13-18-23;1-4-24(5-2)23-18-12-17-22(23)19(3)25(20-13-8-6-9-14-20)21-15-10-7-11-16-21;4*1-2-4-5-3-1;;;;/h17-20,25,28-29H,14-16H2,1-13H3;13-20,23,26-27H,10-12H2,1-9H3;21-25H,8-20H2,1-7H3;19-23H,4-18H2,1-3H3;4*1-5H2;;;;/t25-,28?,29?;23-,26?,27?;21-,24?,25?;19-,22?,23?;;;;;;;;/m1111......../s1. The van der Waals surface area contributed by atoms with Gasteiger partial charge in [0.05, 0.1) is 14.2 Å². The first-order valence-electron chi connectivity index (χ1n) is 61.1. The van der Waals surface area contributed by atoms with Crippen molar-refractivity contribution in [2.75, 3.05) is 26.5 Å². The molecule has 12 aliphatic carbocycles. The molecule has 16 rings (SSSR count). The van der Waals surface area contributed by atoms with Crippen LogP contribution in [0.3, 0.4) is 0 Å². The Morgan fingerprint density at radius 3 is 0.685 bits per heavy atom. The second-order valence-electron chi connectivity index (χ2n) is 53.7. The Hall–Kier alpha value is 2.00. The molecule has 14 heteroatoms. The van der Waals surface area contributed by atoms with E-state index in [1.807, 2.05) is 0 Å². The Morgan fingerprint density at radius 1 is 0.247 bits per heavy atom. The van der Waals surface area contributed by atoms with Crippen LogP contribution in [0.4, 0.5) is 0 Å². The molecule has 0 amide bonds. The van der Waals surface area contributed by atoms with E-state index in [9.17, 15) is 0 Å². The summed E-state index contributed by atoms with van der Waals surface area (Å²) in [7, 11) is 3.31. The van der Waals surface area contributed by atoms with Crippen LogP contribution in [0.25, 0.3) is 0 Å². The molecule has 0 saturated heterocycles. The third kappa shape index (κ3) is 42.1. The zero-order valence-corrected chi connectivity index (χ0v) is 113. The quantitative estimate of drug-likeness (QED) is 0.0514. The predicted octanol–water partition coefficient (Wildman–Crippen LogP) is 43.2. The second-order valence-corrected chi connectivity index (χ2v) is 80.6. The molecule has 146 heavy (non-hydrogen) atoms. The molecule has 0 N–H and O–H groups in total. The summed E-state index contributed by atoms with van der Waals surface area (Å²) in [6.45, 7) is 74.1. The molecular formula is C132H232Fe4O2P8. The first-order valence-corrected chi connectivity index (χ1v) is 73.0. The monoisotopic (exact) mass is 2320 g/mol. The molecule has 0 aliphatic heterocycles. The van der Waals surface area contributed by atoms with Gasteiger partial charge < -0.3 is 9.47 Å².